The Balaban J connectivity index is 1.29. The van der Waals surface area contributed by atoms with Gasteiger partial charge in [0.15, 0.2) is 0 Å². The average molecular weight is 610 g/mol. The summed E-state index contributed by atoms with van der Waals surface area (Å²) in [6, 6.07) is 5.60. The SMILES string of the molecule is CC(C)CCCC(C)[C@H]1CCC2C3CC[C@H]4CC(=O)[C@H]([Se]c5ccc(C(F)(F)F)cc5)C[C@]4(C)C3CC[C@@]21C. The summed E-state index contributed by atoms with van der Waals surface area (Å²) in [6.45, 7) is 12.3. The summed E-state index contributed by atoms with van der Waals surface area (Å²) in [5, 5.41) is 0. The van der Waals surface area contributed by atoms with Crippen LogP contribution in [0.1, 0.15) is 111 Å². The maximum absolute atomic E-state index is 13.3. The molecular formula is C34H49F3OSe. The molecule has 0 amide bonds. The van der Waals surface area contributed by atoms with Crippen molar-refractivity contribution in [2.45, 2.75) is 116 Å². The molecule has 9 atom stereocenters. The van der Waals surface area contributed by atoms with Crippen LogP contribution in [0.5, 0.6) is 0 Å². The van der Waals surface area contributed by atoms with Crippen molar-refractivity contribution < 1.29 is 18.0 Å². The molecule has 5 heteroatoms. The van der Waals surface area contributed by atoms with E-state index < -0.39 is 11.7 Å². The monoisotopic (exact) mass is 610 g/mol. The van der Waals surface area contributed by atoms with Crippen LogP contribution >= 0.6 is 0 Å². The van der Waals surface area contributed by atoms with Gasteiger partial charge < -0.3 is 0 Å². The van der Waals surface area contributed by atoms with Crippen molar-refractivity contribution in [1.29, 1.82) is 0 Å². The van der Waals surface area contributed by atoms with Crippen molar-refractivity contribution in [3.8, 4) is 0 Å². The van der Waals surface area contributed by atoms with E-state index in [0.29, 0.717) is 29.5 Å². The Hall–Kier alpha value is -0.801. The van der Waals surface area contributed by atoms with E-state index >= 15 is 0 Å². The van der Waals surface area contributed by atoms with E-state index in [1.165, 1.54) is 69.9 Å². The number of benzene rings is 1. The quantitative estimate of drug-likeness (QED) is 0.282. The maximum atomic E-state index is 13.3. The molecule has 0 aromatic heterocycles. The van der Waals surface area contributed by atoms with Crippen LogP contribution in [-0.2, 0) is 11.0 Å². The topological polar surface area (TPSA) is 17.1 Å². The molecule has 1 aromatic carbocycles. The molecule has 0 heterocycles. The molecule has 39 heavy (non-hydrogen) atoms. The number of alkyl halides is 3. The van der Waals surface area contributed by atoms with Crippen molar-refractivity contribution >= 4 is 25.2 Å². The predicted molar refractivity (Wildman–Crippen MR) is 154 cm³/mol. The second-order valence-corrected chi connectivity index (χ2v) is 17.4. The van der Waals surface area contributed by atoms with E-state index in [2.05, 4.69) is 34.6 Å². The fourth-order valence-corrected chi connectivity index (χ4v) is 12.8. The molecule has 4 aliphatic carbocycles. The van der Waals surface area contributed by atoms with E-state index in [1.807, 2.05) is 0 Å². The zero-order chi connectivity index (χ0) is 28.2. The third-order valence-corrected chi connectivity index (χ3v) is 14.8. The second kappa shape index (κ2) is 11.1. The van der Waals surface area contributed by atoms with Gasteiger partial charge in [-0.15, -0.1) is 0 Å². The minimum atomic E-state index is -4.31. The van der Waals surface area contributed by atoms with E-state index in [-0.39, 0.29) is 25.2 Å². The molecule has 0 aliphatic heterocycles. The van der Waals surface area contributed by atoms with Gasteiger partial charge in [-0.3, -0.25) is 0 Å². The Kier molecular flexibility index (Phi) is 8.47. The number of rotatable bonds is 7. The van der Waals surface area contributed by atoms with Crippen molar-refractivity contribution in [3.05, 3.63) is 29.8 Å². The number of hydrogen-bond acceptors (Lipinski definition) is 1. The van der Waals surface area contributed by atoms with Crippen LogP contribution in [0.3, 0.4) is 0 Å². The van der Waals surface area contributed by atoms with E-state index in [1.54, 1.807) is 12.1 Å². The number of carbonyl (C=O) groups is 1. The molecule has 4 saturated carbocycles. The van der Waals surface area contributed by atoms with Gasteiger partial charge in [0.05, 0.1) is 0 Å². The van der Waals surface area contributed by atoms with Crippen LogP contribution in [-0.4, -0.2) is 20.7 Å². The molecule has 0 N–H and O–H groups in total. The second-order valence-electron chi connectivity index (χ2n) is 14.7. The van der Waals surface area contributed by atoms with E-state index in [0.717, 1.165) is 40.5 Å². The third-order valence-electron chi connectivity index (χ3n) is 12.2. The summed E-state index contributed by atoms with van der Waals surface area (Å²) in [6.07, 6.45) is 9.28. The van der Waals surface area contributed by atoms with Crippen molar-refractivity contribution in [2.24, 2.45) is 52.3 Å². The van der Waals surface area contributed by atoms with Gasteiger partial charge in [-0.2, -0.15) is 0 Å². The molecule has 0 bridgehead atoms. The first-order valence-electron chi connectivity index (χ1n) is 15.7. The summed E-state index contributed by atoms with van der Waals surface area (Å²) in [5.41, 5.74) is 0.0566. The summed E-state index contributed by atoms with van der Waals surface area (Å²) in [5.74, 6) is 5.62. The van der Waals surface area contributed by atoms with Crippen LogP contribution in [0.25, 0.3) is 0 Å². The number of hydrogen-bond donors (Lipinski definition) is 0. The van der Waals surface area contributed by atoms with E-state index in [9.17, 15) is 18.0 Å². The molecule has 0 saturated heterocycles. The molecule has 5 rings (SSSR count). The van der Waals surface area contributed by atoms with Gasteiger partial charge in [-0.05, 0) is 5.92 Å². The number of ketones is 1. The van der Waals surface area contributed by atoms with Gasteiger partial charge in [0.2, 0.25) is 0 Å². The fraction of sp³-hybridized carbons (Fsp3) is 0.794. The van der Waals surface area contributed by atoms with Crippen molar-refractivity contribution in [2.75, 3.05) is 0 Å². The standard InChI is InChI=1S/C34H49F3OSe/c1-21(2)7-6-8-22(3)27-15-16-28-26-14-11-24-19-30(38)31(20-33(24,5)29(26)17-18-32(27,28)4)39-25-12-9-23(10-13-25)34(35,36)37/h9-10,12-13,21-22,24,26-29,31H,6-8,11,14-20H2,1-5H3/t22?,24-,26?,27+,28?,29?,31+,32+,33-/m0/s1. The number of Topliss-reactive ketones (excluding diaryl/α,β-unsaturated/α-hetero) is 1. The minimum absolute atomic E-state index is 0.000136. The zero-order valence-electron chi connectivity index (χ0n) is 24.7. The van der Waals surface area contributed by atoms with Gasteiger partial charge in [0.25, 0.3) is 0 Å². The molecule has 0 radical (unpaired) electrons. The van der Waals surface area contributed by atoms with E-state index in [4.69, 9.17) is 0 Å². The predicted octanol–water partition coefficient (Wildman–Crippen LogP) is 9.12. The summed E-state index contributed by atoms with van der Waals surface area (Å²) in [7, 11) is 0. The van der Waals surface area contributed by atoms with Crippen LogP contribution in [0.2, 0.25) is 4.82 Å². The Labute approximate surface area is 241 Å². The zero-order valence-corrected chi connectivity index (χ0v) is 26.4. The first-order chi connectivity index (χ1) is 18.3. The first kappa shape index (κ1) is 29.7. The Morgan fingerprint density at radius 1 is 0.923 bits per heavy atom. The van der Waals surface area contributed by atoms with Crippen molar-refractivity contribution in [3.63, 3.8) is 0 Å². The van der Waals surface area contributed by atoms with Gasteiger partial charge in [0, 0.05) is 0 Å². The molecule has 1 aromatic rings. The van der Waals surface area contributed by atoms with Gasteiger partial charge in [-0.25, -0.2) is 0 Å². The Morgan fingerprint density at radius 3 is 2.28 bits per heavy atom. The van der Waals surface area contributed by atoms with Crippen LogP contribution in [0, 0.1) is 52.3 Å². The van der Waals surface area contributed by atoms with Crippen LogP contribution < -0.4 is 4.46 Å². The molecule has 4 aliphatic rings. The Morgan fingerprint density at radius 2 is 1.62 bits per heavy atom. The van der Waals surface area contributed by atoms with Gasteiger partial charge >= 0.3 is 222 Å². The molecule has 0 spiro atoms. The molecule has 4 unspecified atom stereocenters. The summed E-state index contributed by atoms with van der Waals surface area (Å²) < 4.78 is 40.1. The van der Waals surface area contributed by atoms with Crippen molar-refractivity contribution in [1.82, 2.24) is 0 Å². The summed E-state index contributed by atoms with van der Waals surface area (Å²) >= 11 is -0.116. The molecule has 4 fully saturated rings. The molecular weight excluding hydrogens is 560 g/mol. The third kappa shape index (κ3) is 5.67. The van der Waals surface area contributed by atoms with Gasteiger partial charge in [-0.1, -0.05) is 13.8 Å². The summed E-state index contributed by atoms with van der Waals surface area (Å²) in [4.78, 5) is 13.3. The van der Waals surface area contributed by atoms with Crippen LogP contribution in [0.15, 0.2) is 24.3 Å². The molecule has 218 valence electrons. The normalized spacial score (nSPS) is 39.3. The number of carbonyl (C=O) groups excluding carboxylic acids is 1. The fourth-order valence-electron chi connectivity index (χ4n) is 10.1. The molecule has 1 nitrogen and oxygen atoms in total. The Bertz CT molecular complexity index is 1020. The van der Waals surface area contributed by atoms with Gasteiger partial charge in [0.1, 0.15) is 0 Å². The number of fused-ring (bicyclic) bond motifs is 5. The van der Waals surface area contributed by atoms with Crippen LogP contribution in [0.4, 0.5) is 13.2 Å². The average Bonchev–Trinajstić information content (AvgIpc) is 3.22. The number of halogens is 3. The first-order valence-corrected chi connectivity index (χ1v) is 17.5.